The molecule has 25 heavy (non-hydrogen) atoms. The van der Waals surface area contributed by atoms with E-state index < -0.39 is 0 Å². The maximum absolute atomic E-state index is 12.5. The Hall–Kier alpha value is -3.09. The third kappa shape index (κ3) is 4.06. The van der Waals surface area contributed by atoms with Crippen molar-refractivity contribution in [3.05, 3.63) is 47.7 Å². The van der Waals surface area contributed by atoms with Crippen LogP contribution in [0.4, 0.5) is 5.82 Å². The van der Waals surface area contributed by atoms with Gasteiger partial charge in [0.25, 0.3) is 5.91 Å². The topological polar surface area (TPSA) is 80.8 Å². The fourth-order valence-electron chi connectivity index (χ4n) is 2.47. The Balaban J connectivity index is 1.63. The molecule has 1 N–H and O–H groups in total. The number of nitrogens with one attached hydrogen (secondary N) is 1. The molecule has 2 amide bonds. The van der Waals surface area contributed by atoms with Gasteiger partial charge in [0.15, 0.2) is 11.5 Å². The highest BCUT2D eigenvalue weighted by atomic mass is 16.6. The highest BCUT2D eigenvalue weighted by Gasteiger charge is 2.19. The zero-order valence-electron chi connectivity index (χ0n) is 14.1. The second-order valence-electron chi connectivity index (χ2n) is 5.79. The standard InChI is InChI=1S/C18H19N3O4/c1-12-5-6-19-16(9-12)20-17(22)11-21(2)18(23)13-3-4-14-15(10-13)25-8-7-24-14/h3-6,9-10H,7-8,11H2,1-2H3,(H,19,20,22). The first-order valence-corrected chi connectivity index (χ1v) is 7.90. The monoisotopic (exact) mass is 341 g/mol. The van der Waals surface area contributed by atoms with E-state index in [0.29, 0.717) is 36.1 Å². The van der Waals surface area contributed by atoms with Gasteiger partial charge in [0.05, 0.1) is 6.54 Å². The molecule has 2 heterocycles. The van der Waals surface area contributed by atoms with Crippen LogP contribution in [-0.2, 0) is 4.79 Å². The third-order valence-electron chi connectivity index (χ3n) is 3.70. The Labute approximate surface area is 145 Å². The van der Waals surface area contributed by atoms with Gasteiger partial charge in [0.2, 0.25) is 5.91 Å². The van der Waals surface area contributed by atoms with Crippen LogP contribution in [0.5, 0.6) is 11.5 Å². The fraction of sp³-hybridized carbons (Fsp3) is 0.278. The summed E-state index contributed by atoms with van der Waals surface area (Å²) in [6.45, 7) is 2.78. The molecule has 3 rings (SSSR count). The predicted octanol–water partition coefficient (Wildman–Crippen LogP) is 1.87. The lowest BCUT2D eigenvalue weighted by Crippen LogP contribution is -2.35. The first-order chi connectivity index (χ1) is 12.0. The van der Waals surface area contributed by atoms with Gasteiger partial charge in [0.1, 0.15) is 19.0 Å². The summed E-state index contributed by atoms with van der Waals surface area (Å²) in [5, 5.41) is 2.68. The molecule has 0 radical (unpaired) electrons. The quantitative estimate of drug-likeness (QED) is 0.918. The minimum Gasteiger partial charge on any atom is -0.486 e. The van der Waals surface area contributed by atoms with Crippen LogP contribution in [-0.4, -0.2) is 48.5 Å². The summed E-state index contributed by atoms with van der Waals surface area (Å²) in [7, 11) is 1.57. The van der Waals surface area contributed by atoms with Crippen molar-refractivity contribution in [1.29, 1.82) is 0 Å². The molecular formula is C18H19N3O4. The van der Waals surface area contributed by atoms with Crippen LogP contribution >= 0.6 is 0 Å². The number of ether oxygens (including phenoxy) is 2. The number of nitrogens with zero attached hydrogens (tertiary/aromatic N) is 2. The largest absolute Gasteiger partial charge is 0.486 e. The van der Waals surface area contributed by atoms with Crippen molar-refractivity contribution >= 4 is 17.6 Å². The average molecular weight is 341 g/mol. The molecule has 0 spiro atoms. The summed E-state index contributed by atoms with van der Waals surface area (Å²) in [5.74, 6) is 1.04. The average Bonchev–Trinajstić information content (AvgIpc) is 2.60. The lowest BCUT2D eigenvalue weighted by atomic mass is 10.1. The Bertz CT molecular complexity index is 807. The van der Waals surface area contributed by atoms with E-state index in [4.69, 9.17) is 9.47 Å². The molecule has 130 valence electrons. The number of pyridine rings is 1. The Morgan fingerprint density at radius 2 is 1.92 bits per heavy atom. The second kappa shape index (κ2) is 7.21. The number of hydrogen-bond acceptors (Lipinski definition) is 5. The number of benzene rings is 1. The van der Waals surface area contributed by atoms with E-state index in [1.165, 1.54) is 4.90 Å². The van der Waals surface area contributed by atoms with E-state index in [2.05, 4.69) is 10.3 Å². The van der Waals surface area contributed by atoms with E-state index in [0.717, 1.165) is 5.56 Å². The highest BCUT2D eigenvalue weighted by Crippen LogP contribution is 2.31. The lowest BCUT2D eigenvalue weighted by molar-refractivity contribution is -0.116. The zero-order chi connectivity index (χ0) is 17.8. The normalized spacial score (nSPS) is 12.4. The minimum absolute atomic E-state index is 0.0805. The molecule has 0 bridgehead atoms. The molecule has 0 saturated heterocycles. The summed E-state index contributed by atoms with van der Waals surface area (Å²) in [5.41, 5.74) is 1.43. The number of rotatable bonds is 4. The number of carbonyl (C=O) groups excluding carboxylic acids is 2. The molecule has 1 aromatic heterocycles. The van der Waals surface area contributed by atoms with Crippen molar-refractivity contribution in [2.45, 2.75) is 6.92 Å². The van der Waals surface area contributed by atoms with Gasteiger partial charge in [0, 0.05) is 18.8 Å². The molecule has 0 atom stereocenters. The van der Waals surface area contributed by atoms with Gasteiger partial charge in [-0.2, -0.15) is 0 Å². The predicted molar refractivity (Wildman–Crippen MR) is 92.0 cm³/mol. The summed E-state index contributed by atoms with van der Waals surface area (Å²) >= 11 is 0. The van der Waals surface area contributed by atoms with Crippen LogP contribution in [0.1, 0.15) is 15.9 Å². The fourth-order valence-corrected chi connectivity index (χ4v) is 2.47. The summed E-state index contributed by atoms with van der Waals surface area (Å²) < 4.78 is 10.9. The molecular weight excluding hydrogens is 322 g/mol. The van der Waals surface area contributed by atoms with Crippen LogP contribution in [0, 0.1) is 6.92 Å². The maximum atomic E-state index is 12.5. The van der Waals surface area contributed by atoms with Gasteiger partial charge in [-0.15, -0.1) is 0 Å². The van der Waals surface area contributed by atoms with Crippen molar-refractivity contribution in [2.24, 2.45) is 0 Å². The van der Waals surface area contributed by atoms with E-state index in [1.54, 1.807) is 37.5 Å². The summed E-state index contributed by atoms with van der Waals surface area (Å²) in [6.07, 6.45) is 1.62. The Morgan fingerprint density at radius 3 is 2.68 bits per heavy atom. The summed E-state index contributed by atoms with van der Waals surface area (Å²) in [6, 6.07) is 8.60. The summed E-state index contributed by atoms with van der Waals surface area (Å²) in [4.78, 5) is 30.0. The number of aryl methyl sites for hydroxylation is 1. The molecule has 0 aliphatic carbocycles. The van der Waals surface area contributed by atoms with E-state index in [-0.39, 0.29) is 18.4 Å². The van der Waals surface area contributed by atoms with Crippen molar-refractivity contribution < 1.29 is 19.1 Å². The van der Waals surface area contributed by atoms with Gasteiger partial charge >= 0.3 is 0 Å². The number of hydrogen-bond donors (Lipinski definition) is 1. The van der Waals surface area contributed by atoms with E-state index >= 15 is 0 Å². The smallest absolute Gasteiger partial charge is 0.254 e. The molecule has 0 saturated carbocycles. The second-order valence-corrected chi connectivity index (χ2v) is 5.79. The van der Waals surface area contributed by atoms with Gasteiger partial charge in [-0.1, -0.05) is 0 Å². The molecule has 1 aromatic carbocycles. The molecule has 2 aromatic rings. The van der Waals surface area contributed by atoms with Crippen LogP contribution < -0.4 is 14.8 Å². The molecule has 0 unspecified atom stereocenters. The van der Waals surface area contributed by atoms with Gasteiger partial charge in [-0.25, -0.2) is 4.98 Å². The SMILES string of the molecule is Cc1ccnc(NC(=O)CN(C)C(=O)c2ccc3c(c2)OCCO3)c1. The van der Waals surface area contributed by atoms with Crippen LogP contribution in [0.25, 0.3) is 0 Å². The number of carbonyl (C=O) groups is 2. The van der Waals surface area contributed by atoms with Gasteiger partial charge in [-0.05, 0) is 42.8 Å². The lowest BCUT2D eigenvalue weighted by Gasteiger charge is -2.20. The Morgan fingerprint density at radius 1 is 1.16 bits per heavy atom. The van der Waals surface area contributed by atoms with Crippen molar-refractivity contribution in [1.82, 2.24) is 9.88 Å². The maximum Gasteiger partial charge on any atom is 0.254 e. The molecule has 1 aliphatic rings. The molecule has 0 fully saturated rings. The molecule has 7 heteroatoms. The third-order valence-corrected chi connectivity index (χ3v) is 3.70. The van der Waals surface area contributed by atoms with E-state index in [1.807, 2.05) is 13.0 Å². The Kier molecular flexibility index (Phi) is 4.83. The highest BCUT2D eigenvalue weighted by molar-refractivity contribution is 5.99. The number of fused-ring (bicyclic) bond motifs is 1. The molecule has 1 aliphatic heterocycles. The van der Waals surface area contributed by atoms with Gasteiger partial charge in [-0.3, -0.25) is 9.59 Å². The van der Waals surface area contributed by atoms with E-state index in [9.17, 15) is 9.59 Å². The van der Waals surface area contributed by atoms with Crippen molar-refractivity contribution in [2.75, 3.05) is 32.1 Å². The molecule has 7 nitrogen and oxygen atoms in total. The zero-order valence-corrected chi connectivity index (χ0v) is 14.1. The number of likely N-dealkylation sites (N-methyl/N-ethyl adjacent to an activating group) is 1. The number of aromatic nitrogens is 1. The van der Waals surface area contributed by atoms with Crippen LogP contribution in [0.2, 0.25) is 0 Å². The van der Waals surface area contributed by atoms with Crippen LogP contribution in [0.15, 0.2) is 36.5 Å². The first-order valence-electron chi connectivity index (χ1n) is 7.90. The van der Waals surface area contributed by atoms with Gasteiger partial charge < -0.3 is 19.7 Å². The van der Waals surface area contributed by atoms with Crippen LogP contribution in [0.3, 0.4) is 0 Å². The first kappa shape index (κ1) is 16.8. The van der Waals surface area contributed by atoms with Crippen molar-refractivity contribution in [3.63, 3.8) is 0 Å². The number of anilines is 1. The van der Waals surface area contributed by atoms with Crippen molar-refractivity contribution in [3.8, 4) is 11.5 Å². The number of amides is 2. The minimum atomic E-state index is -0.313.